The summed E-state index contributed by atoms with van der Waals surface area (Å²) in [7, 11) is 0. The fraction of sp³-hybridized carbons (Fsp3) is 0.474. The maximum Gasteiger partial charge on any atom is 0.228 e. The molecule has 1 saturated heterocycles. The quantitative estimate of drug-likeness (QED) is 0.743. The van der Waals surface area contributed by atoms with E-state index in [-0.39, 0.29) is 36.1 Å². The van der Waals surface area contributed by atoms with Crippen LogP contribution in [0.1, 0.15) is 37.7 Å². The third-order valence-electron chi connectivity index (χ3n) is 4.80. The molecule has 3 N–H and O–H groups in total. The molecule has 27 heavy (non-hydrogen) atoms. The minimum Gasteiger partial charge on any atom is -0.331 e. The third kappa shape index (κ3) is 4.88. The van der Waals surface area contributed by atoms with Crippen LogP contribution in [0.4, 0.5) is 13.2 Å². The molecule has 2 amide bonds. The van der Waals surface area contributed by atoms with E-state index in [0.29, 0.717) is 19.0 Å². The monoisotopic (exact) mass is 381 g/mol. The molecule has 0 bridgehead atoms. The molecule has 1 atom stereocenters. The first-order chi connectivity index (χ1) is 12.8. The summed E-state index contributed by atoms with van der Waals surface area (Å²) in [5.41, 5.74) is 6.58. The molecule has 1 aliphatic heterocycles. The van der Waals surface area contributed by atoms with E-state index >= 15 is 0 Å². The lowest BCUT2D eigenvalue weighted by molar-refractivity contribution is -0.129. The van der Waals surface area contributed by atoms with Gasteiger partial charge in [0.25, 0.3) is 0 Å². The molecule has 5 nitrogen and oxygen atoms in total. The molecule has 1 aromatic carbocycles. The van der Waals surface area contributed by atoms with Crippen molar-refractivity contribution in [3.05, 3.63) is 47.0 Å². The lowest BCUT2D eigenvalue weighted by atomic mass is 10.0. The van der Waals surface area contributed by atoms with E-state index in [4.69, 9.17) is 5.73 Å². The Hall–Kier alpha value is -2.35. The SMILES string of the molecule is N[C@@H](CC(=O)N1CCC/C1=C\NC(=O)C1CC1)Cc1cc(F)c(F)cc1F. The summed E-state index contributed by atoms with van der Waals surface area (Å²) in [6, 6.07) is 0.506. The van der Waals surface area contributed by atoms with Crippen molar-refractivity contribution in [2.24, 2.45) is 11.7 Å². The first kappa shape index (κ1) is 19.4. The maximum atomic E-state index is 13.7. The van der Waals surface area contributed by atoms with Gasteiger partial charge in [-0.05, 0) is 43.7 Å². The minimum atomic E-state index is -1.26. The Morgan fingerprint density at radius 1 is 1.22 bits per heavy atom. The number of likely N-dealkylation sites (tertiary alicyclic amines) is 1. The summed E-state index contributed by atoms with van der Waals surface area (Å²) in [4.78, 5) is 25.8. The first-order valence-electron chi connectivity index (χ1n) is 9.04. The van der Waals surface area contributed by atoms with E-state index in [9.17, 15) is 22.8 Å². The van der Waals surface area contributed by atoms with Crippen LogP contribution in [-0.4, -0.2) is 29.3 Å². The largest absolute Gasteiger partial charge is 0.331 e. The number of amides is 2. The van der Waals surface area contributed by atoms with E-state index in [1.165, 1.54) is 0 Å². The highest BCUT2D eigenvalue weighted by molar-refractivity contribution is 5.82. The van der Waals surface area contributed by atoms with Crippen LogP contribution in [0.2, 0.25) is 0 Å². The second kappa shape index (κ2) is 8.12. The van der Waals surface area contributed by atoms with Gasteiger partial charge in [0.2, 0.25) is 11.8 Å². The molecule has 1 aliphatic carbocycles. The number of carbonyl (C=O) groups excluding carboxylic acids is 2. The predicted octanol–water partition coefficient (Wildman–Crippen LogP) is 2.35. The van der Waals surface area contributed by atoms with Crippen LogP contribution in [0.5, 0.6) is 0 Å². The number of allylic oxidation sites excluding steroid dienone is 1. The molecule has 1 heterocycles. The number of nitrogens with zero attached hydrogens (tertiary/aromatic N) is 1. The molecule has 0 unspecified atom stereocenters. The zero-order valence-electron chi connectivity index (χ0n) is 14.8. The fourth-order valence-electron chi connectivity index (χ4n) is 3.16. The lowest BCUT2D eigenvalue weighted by Gasteiger charge is -2.20. The van der Waals surface area contributed by atoms with Gasteiger partial charge in [-0.1, -0.05) is 0 Å². The van der Waals surface area contributed by atoms with Gasteiger partial charge >= 0.3 is 0 Å². The van der Waals surface area contributed by atoms with Crippen LogP contribution in [0.25, 0.3) is 0 Å². The molecular weight excluding hydrogens is 359 g/mol. The van der Waals surface area contributed by atoms with E-state index < -0.39 is 23.5 Å². The average molecular weight is 381 g/mol. The molecule has 1 saturated carbocycles. The standard InChI is InChI=1S/C19H22F3N3O2/c20-15-9-17(22)16(21)7-12(15)6-13(23)8-18(26)25-5-1-2-14(25)10-24-19(27)11-3-4-11/h7,9-11,13H,1-6,8,23H2,(H,24,27)/b14-10+/t13-/m1/s1. The number of halogens is 3. The van der Waals surface area contributed by atoms with Gasteiger partial charge in [-0.25, -0.2) is 13.2 Å². The molecule has 146 valence electrons. The Morgan fingerprint density at radius 2 is 1.93 bits per heavy atom. The number of nitrogens with one attached hydrogen (secondary N) is 1. The average Bonchev–Trinajstić information content (AvgIpc) is 3.35. The second-order valence-corrected chi connectivity index (χ2v) is 7.09. The Morgan fingerprint density at radius 3 is 2.63 bits per heavy atom. The first-order valence-corrected chi connectivity index (χ1v) is 9.04. The van der Waals surface area contributed by atoms with Crippen LogP contribution in [0.3, 0.4) is 0 Å². The van der Waals surface area contributed by atoms with Gasteiger partial charge in [0, 0.05) is 42.9 Å². The Balaban J connectivity index is 1.57. The van der Waals surface area contributed by atoms with Crippen LogP contribution < -0.4 is 11.1 Å². The topological polar surface area (TPSA) is 75.4 Å². The highest BCUT2D eigenvalue weighted by Gasteiger charge is 2.30. The van der Waals surface area contributed by atoms with Gasteiger partial charge in [0.15, 0.2) is 11.6 Å². The summed E-state index contributed by atoms with van der Waals surface area (Å²) in [6.45, 7) is 0.524. The van der Waals surface area contributed by atoms with E-state index in [1.54, 1.807) is 11.1 Å². The smallest absolute Gasteiger partial charge is 0.228 e. The van der Waals surface area contributed by atoms with Crippen molar-refractivity contribution in [2.45, 2.75) is 44.6 Å². The third-order valence-corrected chi connectivity index (χ3v) is 4.80. The van der Waals surface area contributed by atoms with Crippen molar-refractivity contribution in [3.63, 3.8) is 0 Å². The highest BCUT2D eigenvalue weighted by atomic mass is 19.2. The van der Waals surface area contributed by atoms with Crippen molar-refractivity contribution in [2.75, 3.05) is 6.54 Å². The normalized spacial score (nSPS) is 19.4. The summed E-state index contributed by atoms with van der Waals surface area (Å²) in [6.07, 6.45) is 4.67. The number of nitrogens with two attached hydrogens (primary N) is 1. The predicted molar refractivity (Wildman–Crippen MR) is 92.5 cm³/mol. The van der Waals surface area contributed by atoms with Gasteiger partial charge in [0.1, 0.15) is 5.82 Å². The molecule has 0 aromatic heterocycles. The van der Waals surface area contributed by atoms with Crippen molar-refractivity contribution in [1.82, 2.24) is 10.2 Å². The van der Waals surface area contributed by atoms with Crippen molar-refractivity contribution in [1.29, 1.82) is 0 Å². The molecular formula is C19H22F3N3O2. The maximum absolute atomic E-state index is 13.7. The summed E-state index contributed by atoms with van der Waals surface area (Å²) < 4.78 is 40.0. The lowest BCUT2D eigenvalue weighted by Crippen LogP contribution is -2.35. The zero-order valence-corrected chi connectivity index (χ0v) is 14.8. The van der Waals surface area contributed by atoms with E-state index in [0.717, 1.165) is 31.0 Å². The minimum absolute atomic E-state index is 0.0349. The van der Waals surface area contributed by atoms with Crippen LogP contribution in [0.15, 0.2) is 24.0 Å². The molecule has 2 fully saturated rings. The van der Waals surface area contributed by atoms with Crippen molar-refractivity contribution < 1.29 is 22.8 Å². The molecule has 0 spiro atoms. The van der Waals surface area contributed by atoms with Gasteiger partial charge in [0.05, 0.1) is 0 Å². The molecule has 2 aliphatic rings. The van der Waals surface area contributed by atoms with E-state index in [2.05, 4.69) is 5.32 Å². The number of benzene rings is 1. The Kier molecular flexibility index (Phi) is 5.84. The van der Waals surface area contributed by atoms with Gasteiger partial charge in [-0.15, -0.1) is 0 Å². The molecule has 0 radical (unpaired) electrons. The van der Waals surface area contributed by atoms with Gasteiger partial charge < -0.3 is 16.0 Å². The van der Waals surface area contributed by atoms with Crippen molar-refractivity contribution in [3.8, 4) is 0 Å². The second-order valence-electron chi connectivity index (χ2n) is 7.09. The molecule has 1 aromatic rings. The van der Waals surface area contributed by atoms with Crippen LogP contribution in [0, 0.1) is 23.4 Å². The van der Waals surface area contributed by atoms with E-state index in [1.807, 2.05) is 0 Å². The van der Waals surface area contributed by atoms with Crippen molar-refractivity contribution >= 4 is 11.8 Å². The summed E-state index contributed by atoms with van der Waals surface area (Å²) >= 11 is 0. The number of hydrogen-bond acceptors (Lipinski definition) is 3. The fourth-order valence-corrected chi connectivity index (χ4v) is 3.16. The molecule has 3 rings (SSSR count). The highest BCUT2D eigenvalue weighted by Crippen LogP contribution is 2.29. The van der Waals surface area contributed by atoms with Crippen LogP contribution in [-0.2, 0) is 16.0 Å². The number of carbonyl (C=O) groups is 2. The number of rotatable bonds is 6. The van der Waals surface area contributed by atoms with Gasteiger partial charge in [-0.2, -0.15) is 0 Å². The summed E-state index contributed by atoms with van der Waals surface area (Å²) in [5.74, 6) is -3.50. The Bertz CT molecular complexity index is 778. The summed E-state index contributed by atoms with van der Waals surface area (Å²) in [5, 5.41) is 2.73. The zero-order chi connectivity index (χ0) is 19.6. The Labute approximate surface area is 155 Å². The van der Waals surface area contributed by atoms with Crippen LogP contribution >= 0.6 is 0 Å². The van der Waals surface area contributed by atoms with Gasteiger partial charge in [-0.3, -0.25) is 9.59 Å². The number of hydrogen-bond donors (Lipinski definition) is 2. The molecule has 8 heteroatoms.